The van der Waals surface area contributed by atoms with E-state index in [-0.39, 0.29) is 11.5 Å². The normalized spacial score (nSPS) is 12.9. The quantitative estimate of drug-likeness (QED) is 0.550. The van der Waals surface area contributed by atoms with Crippen molar-refractivity contribution < 1.29 is 22.7 Å². The molecule has 0 saturated carbocycles. The van der Waals surface area contributed by atoms with Crippen LogP contribution in [0, 0.1) is 18.3 Å². The second-order valence-electron chi connectivity index (χ2n) is 7.70. The van der Waals surface area contributed by atoms with Crippen molar-refractivity contribution in [2.24, 2.45) is 0 Å². The van der Waals surface area contributed by atoms with Gasteiger partial charge in [0, 0.05) is 17.0 Å². The summed E-state index contributed by atoms with van der Waals surface area (Å²) in [5, 5.41) is 9.60. The van der Waals surface area contributed by atoms with Gasteiger partial charge in [-0.15, -0.1) is 11.3 Å². The van der Waals surface area contributed by atoms with Crippen LogP contribution in [0.15, 0.2) is 42.5 Å². The monoisotopic (exact) mass is 496 g/mol. The predicted octanol–water partition coefficient (Wildman–Crippen LogP) is 3.32. The summed E-state index contributed by atoms with van der Waals surface area (Å²) in [6, 6.07) is 14.3. The standard InChI is InChI=1S/C23H20N4O5S2/c1-14-21(22(29)26-34(2,30)31)25-23(33-14)27(17-6-3-15(12-24)4-7-17)13-16-5-8-20-18(11-16)19(28)9-10-32-20/h3-8,11H,9-10,13H2,1-2H3,(H,26,29). The fraction of sp³-hybridized carbons (Fsp3) is 0.217. The lowest BCUT2D eigenvalue weighted by Crippen LogP contribution is -2.30. The van der Waals surface area contributed by atoms with Gasteiger partial charge in [0.25, 0.3) is 5.91 Å². The number of fused-ring (bicyclic) bond motifs is 1. The van der Waals surface area contributed by atoms with Gasteiger partial charge in [0.1, 0.15) is 11.4 Å². The number of Topliss-reactive ketones (excluding diaryl/α,β-unsaturated/α-hetero) is 1. The van der Waals surface area contributed by atoms with Crippen LogP contribution in [0.4, 0.5) is 10.8 Å². The number of aromatic nitrogens is 1. The van der Waals surface area contributed by atoms with Crippen molar-refractivity contribution in [2.75, 3.05) is 17.8 Å². The number of benzene rings is 2. The van der Waals surface area contributed by atoms with Gasteiger partial charge in [0.2, 0.25) is 10.0 Å². The molecule has 1 N–H and O–H groups in total. The van der Waals surface area contributed by atoms with Crippen LogP contribution in [0.5, 0.6) is 5.75 Å². The van der Waals surface area contributed by atoms with E-state index in [4.69, 9.17) is 10.00 Å². The van der Waals surface area contributed by atoms with Gasteiger partial charge in [0.15, 0.2) is 10.9 Å². The molecule has 1 aliphatic heterocycles. The third-order valence-electron chi connectivity index (χ3n) is 5.09. The maximum atomic E-state index is 12.4. The molecule has 0 radical (unpaired) electrons. The fourth-order valence-corrected chi connectivity index (χ4v) is 4.86. The summed E-state index contributed by atoms with van der Waals surface area (Å²) >= 11 is 1.23. The van der Waals surface area contributed by atoms with Crippen LogP contribution in [-0.2, 0) is 16.6 Å². The topological polar surface area (TPSA) is 129 Å². The van der Waals surface area contributed by atoms with E-state index >= 15 is 0 Å². The lowest BCUT2D eigenvalue weighted by Gasteiger charge is -2.23. The highest BCUT2D eigenvalue weighted by Gasteiger charge is 2.24. The number of ether oxygens (including phenoxy) is 1. The van der Waals surface area contributed by atoms with Crippen molar-refractivity contribution in [2.45, 2.75) is 19.9 Å². The van der Waals surface area contributed by atoms with E-state index in [0.29, 0.717) is 52.1 Å². The average Bonchev–Trinajstić information content (AvgIpc) is 3.18. The molecule has 9 nitrogen and oxygen atoms in total. The Bertz CT molecular complexity index is 1420. The van der Waals surface area contributed by atoms with E-state index in [9.17, 15) is 18.0 Å². The fourth-order valence-electron chi connectivity index (χ4n) is 3.50. The number of hydrogen-bond donors (Lipinski definition) is 1. The summed E-state index contributed by atoms with van der Waals surface area (Å²) in [5.41, 5.74) is 2.55. The van der Waals surface area contributed by atoms with Crippen LogP contribution >= 0.6 is 11.3 Å². The van der Waals surface area contributed by atoms with Crippen molar-refractivity contribution in [3.63, 3.8) is 0 Å². The number of nitriles is 1. The second-order valence-corrected chi connectivity index (χ2v) is 10.6. The minimum absolute atomic E-state index is 0.0119. The van der Waals surface area contributed by atoms with Gasteiger partial charge >= 0.3 is 0 Å². The van der Waals surface area contributed by atoms with Crippen molar-refractivity contribution in [3.8, 4) is 11.8 Å². The Kier molecular flexibility index (Phi) is 6.37. The number of aryl methyl sites for hydroxylation is 1. The van der Waals surface area contributed by atoms with Crippen molar-refractivity contribution in [3.05, 3.63) is 69.7 Å². The van der Waals surface area contributed by atoms with E-state index in [0.717, 1.165) is 11.8 Å². The number of ketones is 1. The molecule has 1 amide bonds. The summed E-state index contributed by atoms with van der Waals surface area (Å²) in [5.74, 6) is -0.244. The number of sulfonamides is 1. The van der Waals surface area contributed by atoms with Crippen molar-refractivity contribution >= 4 is 43.9 Å². The molecule has 0 fully saturated rings. The summed E-state index contributed by atoms with van der Waals surface area (Å²) in [7, 11) is -3.74. The van der Waals surface area contributed by atoms with Gasteiger partial charge in [-0.2, -0.15) is 5.26 Å². The predicted molar refractivity (Wildman–Crippen MR) is 127 cm³/mol. The summed E-state index contributed by atoms with van der Waals surface area (Å²) in [4.78, 5) is 31.6. The maximum absolute atomic E-state index is 12.4. The van der Waals surface area contributed by atoms with E-state index in [2.05, 4.69) is 11.1 Å². The molecule has 2 aromatic carbocycles. The van der Waals surface area contributed by atoms with Gasteiger partial charge in [0.05, 0.1) is 36.6 Å². The highest BCUT2D eigenvalue weighted by atomic mass is 32.2. The number of carbonyl (C=O) groups is 2. The molecular weight excluding hydrogens is 476 g/mol. The van der Waals surface area contributed by atoms with Gasteiger partial charge in [-0.05, 0) is 48.9 Å². The molecule has 3 aromatic rings. The Morgan fingerprint density at radius 1 is 1.26 bits per heavy atom. The van der Waals surface area contributed by atoms with E-state index in [1.165, 1.54) is 11.3 Å². The number of nitrogens with zero attached hydrogens (tertiary/aromatic N) is 3. The van der Waals surface area contributed by atoms with Gasteiger partial charge < -0.3 is 9.64 Å². The molecule has 0 aliphatic carbocycles. The van der Waals surface area contributed by atoms with Crippen LogP contribution in [0.1, 0.15) is 43.3 Å². The smallest absolute Gasteiger partial charge is 0.284 e. The van der Waals surface area contributed by atoms with Gasteiger partial charge in [-0.3, -0.25) is 9.59 Å². The summed E-state index contributed by atoms with van der Waals surface area (Å²) in [6.07, 6.45) is 1.22. The van der Waals surface area contributed by atoms with Crippen molar-refractivity contribution in [1.29, 1.82) is 5.26 Å². The van der Waals surface area contributed by atoms with E-state index < -0.39 is 15.9 Å². The first-order valence-electron chi connectivity index (χ1n) is 10.2. The lowest BCUT2D eigenvalue weighted by molar-refractivity contribution is 0.0931. The van der Waals surface area contributed by atoms with Gasteiger partial charge in [-0.25, -0.2) is 18.1 Å². The molecule has 2 heterocycles. The third kappa shape index (κ3) is 5.08. The van der Waals surface area contributed by atoms with Gasteiger partial charge in [-0.1, -0.05) is 6.07 Å². The zero-order chi connectivity index (χ0) is 24.5. The van der Waals surface area contributed by atoms with Crippen LogP contribution in [0.3, 0.4) is 0 Å². The highest BCUT2D eigenvalue weighted by molar-refractivity contribution is 7.89. The molecule has 0 saturated heterocycles. The summed E-state index contributed by atoms with van der Waals surface area (Å²) in [6.45, 7) is 2.36. The number of hydrogen-bond acceptors (Lipinski definition) is 9. The molecule has 0 spiro atoms. The Balaban J connectivity index is 1.73. The largest absolute Gasteiger partial charge is 0.492 e. The Morgan fingerprint density at radius 2 is 2.00 bits per heavy atom. The zero-order valence-corrected chi connectivity index (χ0v) is 20.0. The van der Waals surface area contributed by atoms with E-state index in [1.807, 2.05) is 15.7 Å². The number of thiazole rings is 1. The number of anilines is 2. The SMILES string of the molecule is Cc1sc(N(Cc2ccc3c(c2)C(=O)CCO3)c2ccc(C#N)cc2)nc1C(=O)NS(C)(=O)=O. The molecule has 0 bridgehead atoms. The molecule has 1 aromatic heterocycles. The average molecular weight is 497 g/mol. The molecule has 0 atom stereocenters. The van der Waals surface area contributed by atoms with Crippen LogP contribution in [-0.4, -0.2) is 38.0 Å². The Labute approximate surface area is 200 Å². The minimum Gasteiger partial charge on any atom is -0.492 e. The molecule has 34 heavy (non-hydrogen) atoms. The first-order chi connectivity index (χ1) is 16.1. The van der Waals surface area contributed by atoms with Crippen LogP contribution in [0.25, 0.3) is 0 Å². The Morgan fingerprint density at radius 3 is 2.68 bits per heavy atom. The third-order valence-corrected chi connectivity index (χ3v) is 6.64. The van der Waals surface area contributed by atoms with Crippen LogP contribution < -0.4 is 14.4 Å². The number of nitrogens with one attached hydrogen (secondary N) is 1. The second kappa shape index (κ2) is 9.24. The summed E-state index contributed by atoms with van der Waals surface area (Å²) < 4.78 is 30.5. The first-order valence-corrected chi connectivity index (χ1v) is 12.9. The Hall–Kier alpha value is -3.75. The first kappa shape index (κ1) is 23.4. The minimum atomic E-state index is -3.74. The number of carbonyl (C=O) groups excluding carboxylic acids is 2. The molecule has 1 aliphatic rings. The van der Waals surface area contributed by atoms with Crippen molar-refractivity contribution in [1.82, 2.24) is 9.71 Å². The highest BCUT2D eigenvalue weighted by Crippen LogP contribution is 2.34. The zero-order valence-electron chi connectivity index (χ0n) is 18.4. The van der Waals surface area contributed by atoms with Crippen LogP contribution in [0.2, 0.25) is 0 Å². The molecule has 11 heteroatoms. The lowest BCUT2D eigenvalue weighted by atomic mass is 10.0. The maximum Gasteiger partial charge on any atom is 0.284 e. The molecule has 4 rings (SSSR count). The molecular formula is C23H20N4O5S2. The molecule has 0 unspecified atom stereocenters. The number of rotatable bonds is 6. The number of amides is 1. The molecule has 174 valence electrons. The van der Waals surface area contributed by atoms with E-state index in [1.54, 1.807) is 43.3 Å².